The predicted molar refractivity (Wildman–Crippen MR) is 91.9 cm³/mol. The summed E-state index contributed by atoms with van der Waals surface area (Å²) in [5.74, 6) is -0.429. The van der Waals surface area contributed by atoms with E-state index in [1.807, 2.05) is 31.2 Å². The molecule has 1 aromatic carbocycles. The number of carbonyl (C=O) groups excluding carboxylic acids is 1. The molecule has 0 saturated carbocycles. The van der Waals surface area contributed by atoms with E-state index < -0.39 is 5.97 Å². The van der Waals surface area contributed by atoms with Crippen molar-refractivity contribution in [1.29, 1.82) is 0 Å². The zero-order valence-corrected chi connectivity index (χ0v) is 14.6. The third-order valence-corrected chi connectivity index (χ3v) is 3.75. The average molecular weight is 336 g/mol. The molecule has 0 aliphatic carbocycles. The summed E-state index contributed by atoms with van der Waals surface area (Å²) in [6, 6.07) is 7.56. The van der Waals surface area contributed by atoms with Crippen LogP contribution in [0.4, 0.5) is 0 Å². The standard InChI is InChI=1S/C19H28O5/c1-3-4-13-23-17-11-9-16(10-12-17)14-24-19(22)15(2)7-5-6-8-18(20)21/h9-12,15H,3-8,13-14H2,1-2H3,(H,20,21). The highest BCUT2D eigenvalue weighted by Gasteiger charge is 2.14. The van der Waals surface area contributed by atoms with Crippen LogP contribution in [0.25, 0.3) is 0 Å². The van der Waals surface area contributed by atoms with Crippen molar-refractivity contribution in [1.82, 2.24) is 0 Å². The van der Waals surface area contributed by atoms with Crippen LogP contribution in [-0.2, 0) is 20.9 Å². The van der Waals surface area contributed by atoms with E-state index in [0.29, 0.717) is 25.9 Å². The van der Waals surface area contributed by atoms with Gasteiger partial charge in [-0.3, -0.25) is 9.59 Å². The van der Waals surface area contributed by atoms with Crippen LogP contribution in [0, 0.1) is 5.92 Å². The molecule has 0 spiro atoms. The van der Waals surface area contributed by atoms with Gasteiger partial charge in [-0.25, -0.2) is 0 Å². The maximum atomic E-state index is 11.9. The van der Waals surface area contributed by atoms with Crippen molar-refractivity contribution in [2.24, 2.45) is 5.92 Å². The van der Waals surface area contributed by atoms with Crippen molar-refractivity contribution in [3.8, 4) is 5.75 Å². The molecule has 0 aliphatic heterocycles. The first kappa shape index (κ1) is 20.0. The predicted octanol–water partition coefficient (Wildman–Crippen LogP) is 4.19. The smallest absolute Gasteiger partial charge is 0.308 e. The minimum atomic E-state index is -0.799. The number of hydrogen-bond acceptors (Lipinski definition) is 4. The average Bonchev–Trinajstić information content (AvgIpc) is 2.57. The third-order valence-electron chi connectivity index (χ3n) is 3.75. The van der Waals surface area contributed by atoms with Crippen molar-refractivity contribution in [3.05, 3.63) is 29.8 Å². The van der Waals surface area contributed by atoms with Crippen LogP contribution >= 0.6 is 0 Å². The molecule has 0 fully saturated rings. The second kappa shape index (κ2) is 11.5. The molecule has 1 atom stereocenters. The first-order valence-corrected chi connectivity index (χ1v) is 8.63. The van der Waals surface area contributed by atoms with Gasteiger partial charge in [0.15, 0.2) is 0 Å². The molecule has 5 heteroatoms. The zero-order valence-electron chi connectivity index (χ0n) is 14.6. The summed E-state index contributed by atoms with van der Waals surface area (Å²) in [6.07, 6.45) is 4.23. The molecular weight excluding hydrogens is 308 g/mol. The third kappa shape index (κ3) is 8.56. The number of benzene rings is 1. The Bertz CT molecular complexity index is 495. The zero-order chi connectivity index (χ0) is 17.8. The Labute approximate surface area is 144 Å². The van der Waals surface area contributed by atoms with Crippen molar-refractivity contribution >= 4 is 11.9 Å². The van der Waals surface area contributed by atoms with Gasteiger partial charge in [0, 0.05) is 6.42 Å². The summed E-state index contributed by atoms with van der Waals surface area (Å²) in [5.41, 5.74) is 0.921. The molecule has 5 nitrogen and oxygen atoms in total. The van der Waals surface area contributed by atoms with Gasteiger partial charge in [-0.15, -0.1) is 0 Å². The maximum Gasteiger partial charge on any atom is 0.308 e. The molecule has 0 radical (unpaired) electrons. The van der Waals surface area contributed by atoms with E-state index in [1.165, 1.54) is 0 Å². The fourth-order valence-corrected chi connectivity index (χ4v) is 2.16. The van der Waals surface area contributed by atoms with Crippen LogP contribution in [0.3, 0.4) is 0 Å². The molecule has 0 heterocycles. The number of rotatable bonds is 12. The summed E-state index contributed by atoms with van der Waals surface area (Å²) in [4.78, 5) is 22.4. The molecule has 0 aliphatic rings. The SMILES string of the molecule is CCCCOc1ccc(COC(=O)C(C)CCCCC(=O)O)cc1. The van der Waals surface area contributed by atoms with E-state index >= 15 is 0 Å². The summed E-state index contributed by atoms with van der Waals surface area (Å²) < 4.78 is 10.9. The molecule has 0 saturated heterocycles. The van der Waals surface area contributed by atoms with Crippen LogP contribution in [-0.4, -0.2) is 23.7 Å². The van der Waals surface area contributed by atoms with E-state index in [-0.39, 0.29) is 24.9 Å². The van der Waals surface area contributed by atoms with Gasteiger partial charge in [0.1, 0.15) is 12.4 Å². The number of carboxylic acids is 1. The van der Waals surface area contributed by atoms with E-state index in [0.717, 1.165) is 24.2 Å². The largest absolute Gasteiger partial charge is 0.494 e. The monoisotopic (exact) mass is 336 g/mol. The van der Waals surface area contributed by atoms with Gasteiger partial charge in [-0.1, -0.05) is 38.8 Å². The van der Waals surface area contributed by atoms with Crippen LogP contribution in [0.15, 0.2) is 24.3 Å². The van der Waals surface area contributed by atoms with E-state index in [1.54, 1.807) is 0 Å². The van der Waals surface area contributed by atoms with Crippen LogP contribution in [0.1, 0.15) is 57.9 Å². The van der Waals surface area contributed by atoms with Gasteiger partial charge in [0.2, 0.25) is 0 Å². The Morgan fingerprint density at radius 2 is 1.83 bits per heavy atom. The first-order valence-electron chi connectivity index (χ1n) is 8.63. The minimum absolute atomic E-state index is 0.147. The van der Waals surface area contributed by atoms with Gasteiger partial charge in [0.25, 0.3) is 0 Å². The highest BCUT2D eigenvalue weighted by molar-refractivity contribution is 5.72. The fourth-order valence-electron chi connectivity index (χ4n) is 2.16. The number of carbonyl (C=O) groups is 2. The van der Waals surface area contributed by atoms with Crippen molar-refractivity contribution in [3.63, 3.8) is 0 Å². The lowest BCUT2D eigenvalue weighted by atomic mass is 10.0. The molecule has 0 bridgehead atoms. The first-order chi connectivity index (χ1) is 11.5. The van der Waals surface area contributed by atoms with Gasteiger partial charge in [0.05, 0.1) is 12.5 Å². The molecule has 134 valence electrons. The summed E-state index contributed by atoms with van der Waals surface area (Å²) >= 11 is 0. The molecule has 1 N–H and O–H groups in total. The van der Waals surface area contributed by atoms with Crippen molar-refractivity contribution in [2.75, 3.05) is 6.61 Å². The molecule has 0 amide bonds. The van der Waals surface area contributed by atoms with Crippen LogP contribution in [0.2, 0.25) is 0 Å². The van der Waals surface area contributed by atoms with E-state index in [4.69, 9.17) is 14.6 Å². The Balaban J connectivity index is 2.26. The lowest BCUT2D eigenvalue weighted by Crippen LogP contribution is -2.14. The quantitative estimate of drug-likeness (QED) is 0.458. The molecular formula is C19H28O5. The van der Waals surface area contributed by atoms with E-state index in [9.17, 15) is 9.59 Å². The Morgan fingerprint density at radius 1 is 1.12 bits per heavy atom. The molecule has 24 heavy (non-hydrogen) atoms. The topological polar surface area (TPSA) is 72.8 Å². The number of carboxylic acid groups (broad SMARTS) is 1. The fraction of sp³-hybridized carbons (Fsp3) is 0.579. The van der Waals surface area contributed by atoms with Gasteiger partial charge >= 0.3 is 11.9 Å². The molecule has 1 unspecified atom stereocenters. The summed E-state index contributed by atoms with van der Waals surface area (Å²) in [5, 5.41) is 8.58. The summed E-state index contributed by atoms with van der Waals surface area (Å²) in [7, 11) is 0. The normalized spacial score (nSPS) is 11.8. The number of aliphatic carboxylic acids is 1. The molecule has 1 aromatic rings. The number of ether oxygens (including phenoxy) is 2. The highest BCUT2D eigenvalue weighted by Crippen LogP contribution is 2.15. The highest BCUT2D eigenvalue weighted by atomic mass is 16.5. The Morgan fingerprint density at radius 3 is 2.46 bits per heavy atom. The van der Waals surface area contributed by atoms with Crippen LogP contribution in [0.5, 0.6) is 5.75 Å². The maximum absolute atomic E-state index is 11.9. The van der Waals surface area contributed by atoms with Crippen LogP contribution < -0.4 is 4.74 Å². The second-order valence-electron chi connectivity index (χ2n) is 5.99. The van der Waals surface area contributed by atoms with E-state index in [2.05, 4.69) is 6.92 Å². The number of hydrogen-bond donors (Lipinski definition) is 1. The van der Waals surface area contributed by atoms with Crippen molar-refractivity contribution in [2.45, 2.75) is 59.0 Å². The van der Waals surface area contributed by atoms with Gasteiger partial charge < -0.3 is 14.6 Å². The summed E-state index contributed by atoms with van der Waals surface area (Å²) in [6.45, 7) is 4.89. The second-order valence-corrected chi connectivity index (χ2v) is 5.99. The Hall–Kier alpha value is -2.04. The van der Waals surface area contributed by atoms with Gasteiger partial charge in [-0.05, 0) is 37.0 Å². The van der Waals surface area contributed by atoms with Crippen molar-refractivity contribution < 1.29 is 24.2 Å². The molecule has 0 aromatic heterocycles. The molecule has 1 rings (SSSR count). The minimum Gasteiger partial charge on any atom is -0.494 e. The lowest BCUT2D eigenvalue weighted by Gasteiger charge is -2.11. The number of unbranched alkanes of at least 4 members (excludes halogenated alkanes) is 2. The Kier molecular flexibility index (Phi) is 9.58. The lowest BCUT2D eigenvalue weighted by molar-refractivity contribution is -0.149. The number of esters is 1. The van der Waals surface area contributed by atoms with Gasteiger partial charge in [-0.2, -0.15) is 0 Å².